The third-order valence-corrected chi connectivity index (χ3v) is 6.20. The van der Waals surface area contributed by atoms with Crippen LogP contribution in [0.4, 0.5) is 5.13 Å². The molecule has 4 rings (SSSR count). The van der Waals surface area contributed by atoms with E-state index >= 15 is 0 Å². The molecule has 1 aromatic carbocycles. The highest BCUT2D eigenvalue weighted by molar-refractivity contribution is 7.15. The fraction of sp³-hybridized carbons (Fsp3) is 0.450. The second-order valence-electron chi connectivity index (χ2n) is 7.25. The van der Waals surface area contributed by atoms with Crippen LogP contribution in [0.15, 0.2) is 30.5 Å². The third-order valence-electron chi connectivity index (χ3n) is 5.31. The summed E-state index contributed by atoms with van der Waals surface area (Å²) < 4.78 is 0. The summed E-state index contributed by atoms with van der Waals surface area (Å²) in [5.74, 6) is 1.36. The molecule has 2 aromatic heterocycles. The molecule has 27 heavy (non-hydrogen) atoms. The van der Waals surface area contributed by atoms with E-state index in [0.717, 1.165) is 34.6 Å². The SMILES string of the molecule is Nc1ncc(CCC(=O)NC(c2nc3ccccc3[nH]2)C2CCCCC2)s1. The number of carbonyl (C=O) groups excluding carboxylic acids is 1. The number of hydrogen-bond donors (Lipinski definition) is 3. The summed E-state index contributed by atoms with van der Waals surface area (Å²) in [5, 5.41) is 3.81. The molecule has 0 radical (unpaired) electrons. The van der Waals surface area contributed by atoms with Gasteiger partial charge in [0.25, 0.3) is 0 Å². The molecule has 6 nitrogen and oxygen atoms in total. The van der Waals surface area contributed by atoms with Crippen molar-refractivity contribution in [1.29, 1.82) is 0 Å². The number of nitrogens with zero attached hydrogens (tertiary/aromatic N) is 2. The van der Waals surface area contributed by atoms with E-state index < -0.39 is 0 Å². The lowest BCUT2D eigenvalue weighted by molar-refractivity contribution is -0.122. The zero-order valence-corrected chi connectivity index (χ0v) is 16.1. The van der Waals surface area contributed by atoms with Crippen LogP contribution in [0.1, 0.15) is 55.3 Å². The number of rotatable bonds is 6. The first-order chi connectivity index (χ1) is 13.2. The molecule has 0 bridgehead atoms. The van der Waals surface area contributed by atoms with E-state index in [1.807, 2.05) is 24.3 Å². The van der Waals surface area contributed by atoms with Crippen LogP contribution in [-0.4, -0.2) is 20.9 Å². The van der Waals surface area contributed by atoms with E-state index in [1.165, 1.54) is 30.6 Å². The normalized spacial score (nSPS) is 16.4. The Morgan fingerprint density at radius 3 is 2.85 bits per heavy atom. The highest BCUT2D eigenvalue weighted by Gasteiger charge is 2.28. The minimum atomic E-state index is -0.0586. The predicted octanol–water partition coefficient (Wildman–Crippen LogP) is 3.97. The van der Waals surface area contributed by atoms with Crippen molar-refractivity contribution in [1.82, 2.24) is 20.3 Å². The predicted molar refractivity (Wildman–Crippen MR) is 108 cm³/mol. The van der Waals surface area contributed by atoms with Crippen molar-refractivity contribution in [3.63, 3.8) is 0 Å². The van der Waals surface area contributed by atoms with Crippen molar-refractivity contribution in [2.45, 2.75) is 51.0 Å². The molecule has 4 N–H and O–H groups in total. The number of aromatic amines is 1. The fourth-order valence-corrected chi connectivity index (χ4v) is 4.60. The van der Waals surface area contributed by atoms with Gasteiger partial charge in [0.15, 0.2) is 5.13 Å². The van der Waals surface area contributed by atoms with Crippen molar-refractivity contribution in [3.8, 4) is 0 Å². The van der Waals surface area contributed by atoms with Crippen LogP contribution < -0.4 is 11.1 Å². The lowest BCUT2D eigenvalue weighted by Crippen LogP contribution is -2.35. The van der Waals surface area contributed by atoms with Gasteiger partial charge in [-0.2, -0.15) is 0 Å². The van der Waals surface area contributed by atoms with Gasteiger partial charge in [-0.15, -0.1) is 11.3 Å². The van der Waals surface area contributed by atoms with Gasteiger partial charge in [-0.25, -0.2) is 9.97 Å². The maximum absolute atomic E-state index is 12.7. The number of carbonyl (C=O) groups is 1. The van der Waals surface area contributed by atoms with Gasteiger partial charge in [-0.05, 0) is 37.3 Å². The number of H-pyrrole nitrogens is 1. The molecule has 7 heteroatoms. The molecule has 1 fully saturated rings. The largest absolute Gasteiger partial charge is 0.375 e. The number of para-hydroxylation sites is 2. The number of benzene rings is 1. The standard InChI is InChI=1S/C20H25N5OS/c21-20-22-12-14(27-20)10-11-17(26)25-18(13-6-2-1-3-7-13)19-23-15-8-4-5-9-16(15)24-19/h4-5,8-9,12-13,18H,1-3,6-7,10-11H2,(H2,21,22)(H,23,24)(H,25,26). The highest BCUT2D eigenvalue weighted by Crippen LogP contribution is 2.34. The molecule has 1 amide bonds. The number of nitrogens with two attached hydrogens (primary N) is 1. The summed E-state index contributed by atoms with van der Waals surface area (Å²) in [7, 11) is 0. The number of nitrogen functional groups attached to an aromatic ring is 1. The van der Waals surface area contributed by atoms with Crippen LogP contribution in [0.2, 0.25) is 0 Å². The number of nitrogens with one attached hydrogen (secondary N) is 2. The Kier molecular flexibility index (Phi) is 5.38. The Hall–Kier alpha value is -2.41. The van der Waals surface area contributed by atoms with Crippen molar-refractivity contribution in [2.75, 3.05) is 5.73 Å². The molecular weight excluding hydrogens is 358 g/mol. The maximum atomic E-state index is 12.7. The molecule has 2 heterocycles. The van der Waals surface area contributed by atoms with E-state index in [1.54, 1.807) is 6.20 Å². The number of thiazole rings is 1. The lowest BCUT2D eigenvalue weighted by atomic mass is 9.83. The first kappa shape index (κ1) is 18.0. The van der Waals surface area contributed by atoms with Crippen LogP contribution in [-0.2, 0) is 11.2 Å². The molecule has 1 saturated carbocycles. The molecule has 3 aromatic rings. The monoisotopic (exact) mass is 383 g/mol. The van der Waals surface area contributed by atoms with E-state index in [2.05, 4.69) is 15.3 Å². The number of fused-ring (bicyclic) bond motifs is 1. The van der Waals surface area contributed by atoms with Gasteiger partial charge in [0, 0.05) is 17.5 Å². The molecule has 1 atom stereocenters. The molecule has 1 aliphatic carbocycles. The average molecular weight is 384 g/mol. The number of amides is 1. The van der Waals surface area contributed by atoms with Crippen molar-refractivity contribution in [2.24, 2.45) is 5.92 Å². The number of aryl methyl sites for hydroxylation is 1. The highest BCUT2D eigenvalue weighted by atomic mass is 32.1. The van der Waals surface area contributed by atoms with Gasteiger partial charge in [0.1, 0.15) is 5.82 Å². The molecule has 0 spiro atoms. The summed E-state index contributed by atoms with van der Waals surface area (Å²) in [6, 6.07) is 7.96. The lowest BCUT2D eigenvalue weighted by Gasteiger charge is -2.29. The van der Waals surface area contributed by atoms with E-state index in [-0.39, 0.29) is 11.9 Å². The van der Waals surface area contributed by atoms with Crippen molar-refractivity contribution < 1.29 is 4.79 Å². The zero-order valence-electron chi connectivity index (χ0n) is 15.3. The second kappa shape index (κ2) is 8.08. The van der Waals surface area contributed by atoms with E-state index in [0.29, 0.717) is 23.9 Å². The van der Waals surface area contributed by atoms with Gasteiger partial charge in [-0.1, -0.05) is 31.4 Å². The molecule has 1 aliphatic rings. The fourth-order valence-electron chi connectivity index (χ4n) is 3.92. The van der Waals surface area contributed by atoms with Crippen LogP contribution in [0.5, 0.6) is 0 Å². The minimum absolute atomic E-state index is 0.0537. The summed E-state index contributed by atoms with van der Waals surface area (Å²) in [6.07, 6.45) is 8.84. The third kappa shape index (κ3) is 4.30. The minimum Gasteiger partial charge on any atom is -0.375 e. The number of hydrogen-bond acceptors (Lipinski definition) is 5. The van der Waals surface area contributed by atoms with Gasteiger partial charge in [0.05, 0.1) is 17.1 Å². The molecule has 142 valence electrons. The van der Waals surface area contributed by atoms with Crippen molar-refractivity contribution in [3.05, 3.63) is 41.2 Å². The van der Waals surface area contributed by atoms with Crippen LogP contribution in [0.25, 0.3) is 11.0 Å². The smallest absolute Gasteiger partial charge is 0.220 e. The maximum Gasteiger partial charge on any atom is 0.220 e. The zero-order chi connectivity index (χ0) is 18.6. The Morgan fingerprint density at radius 1 is 1.30 bits per heavy atom. The van der Waals surface area contributed by atoms with E-state index in [9.17, 15) is 4.79 Å². The van der Waals surface area contributed by atoms with Gasteiger partial charge >= 0.3 is 0 Å². The van der Waals surface area contributed by atoms with Crippen molar-refractivity contribution >= 4 is 33.4 Å². The molecule has 0 saturated heterocycles. The summed E-state index contributed by atoms with van der Waals surface area (Å²) in [5.41, 5.74) is 7.63. The number of imidazole rings is 1. The number of anilines is 1. The summed E-state index contributed by atoms with van der Waals surface area (Å²) in [6.45, 7) is 0. The van der Waals surface area contributed by atoms with Crippen LogP contribution in [0.3, 0.4) is 0 Å². The Morgan fingerprint density at radius 2 is 2.11 bits per heavy atom. The van der Waals surface area contributed by atoms with Crippen LogP contribution >= 0.6 is 11.3 Å². The van der Waals surface area contributed by atoms with Gasteiger partial charge < -0.3 is 16.0 Å². The first-order valence-electron chi connectivity index (χ1n) is 9.63. The topological polar surface area (TPSA) is 96.7 Å². The molecule has 0 aliphatic heterocycles. The Labute approximate surface area is 162 Å². The average Bonchev–Trinajstić information content (AvgIpc) is 3.31. The summed E-state index contributed by atoms with van der Waals surface area (Å²) in [4.78, 5) is 26.0. The van der Waals surface area contributed by atoms with E-state index in [4.69, 9.17) is 10.7 Å². The summed E-state index contributed by atoms with van der Waals surface area (Å²) >= 11 is 1.44. The molecule has 1 unspecified atom stereocenters. The first-order valence-corrected chi connectivity index (χ1v) is 10.4. The molecular formula is C20H25N5OS. The van der Waals surface area contributed by atoms with Crippen LogP contribution in [0, 0.1) is 5.92 Å². The van der Waals surface area contributed by atoms with Gasteiger partial charge in [-0.3, -0.25) is 4.79 Å². The quantitative estimate of drug-likeness (QED) is 0.600. The Balaban J connectivity index is 1.49. The Bertz CT molecular complexity index is 879. The second-order valence-corrected chi connectivity index (χ2v) is 8.39. The number of aromatic nitrogens is 3. The van der Waals surface area contributed by atoms with Gasteiger partial charge in [0.2, 0.25) is 5.91 Å².